The first-order chi connectivity index (χ1) is 9.65. The Kier molecular flexibility index (Phi) is 4.09. The van der Waals surface area contributed by atoms with Crippen LogP contribution in [0.3, 0.4) is 0 Å². The molecule has 2 fully saturated rings. The van der Waals surface area contributed by atoms with Crippen LogP contribution in [0.5, 0.6) is 5.75 Å². The molecule has 2 saturated carbocycles. The summed E-state index contributed by atoms with van der Waals surface area (Å²) < 4.78 is 6.71. The third-order valence-corrected chi connectivity index (χ3v) is 5.51. The van der Waals surface area contributed by atoms with Gasteiger partial charge in [-0.15, -0.1) is 0 Å². The average Bonchev–Trinajstić information content (AvgIpc) is 3.05. The first-order valence-corrected chi connectivity index (χ1v) is 8.48. The fourth-order valence-electron chi connectivity index (χ4n) is 4.04. The van der Waals surface area contributed by atoms with E-state index in [1.165, 1.54) is 24.8 Å². The molecule has 0 saturated heterocycles. The third-order valence-electron chi connectivity index (χ3n) is 5.02. The molecular formula is C17H24BrNO. The van der Waals surface area contributed by atoms with E-state index in [1.54, 1.807) is 7.11 Å². The third kappa shape index (κ3) is 2.89. The van der Waals surface area contributed by atoms with Crippen LogP contribution in [0.25, 0.3) is 0 Å². The van der Waals surface area contributed by atoms with Gasteiger partial charge in [0, 0.05) is 11.0 Å². The van der Waals surface area contributed by atoms with Crippen molar-refractivity contribution in [3.8, 4) is 5.75 Å². The molecule has 2 aliphatic carbocycles. The van der Waals surface area contributed by atoms with Crippen molar-refractivity contribution in [1.82, 2.24) is 5.32 Å². The minimum atomic E-state index is 0.442. The highest BCUT2D eigenvalue weighted by Crippen LogP contribution is 2.60. The van der Waals surface area contributed by atoms with Crippen molar-refractivity contribution in [2.75, 3.05) is 20.2 Å². The second-order valence-corrected chi connectivity index (χ2v) is 7.49. The zero-order chi connectivity index (χ0) is 14.2. The Morgan fingerprint density at radius 2 is 2.10 bits per heavy atom. The van der Waals surface area contributed by atoms with E-state index in [0.29, 0.717) is 5.41 Å². The summed E-state index contributed by atoms with van der Waals surface area (Å²) in [5.41, 5.74) is 1.79. The highest BCUT2D eigenvalue weighted by Gasteiger charge is 2.53. The van der Waals surface area contributed by atoms with Gasteiger partial charge in [-0.2, -0.15) is 0 Å². The monoisotopic (exact) mass is 337 g/mol. The maximum Gasteiger partial charge on any atom is 0.122 e. The lowest BCUT2D eigenvalue weighted by molar-refractivity contribution is 0.247. The van der Waals surface area contributed by atoms with Crippen molar-refractivity contribution in [3.63, 3.8) is 0 Å². The van der Waals surface area contributed by atoms with Crippen LogP contribution in [0.2, 0.25) is 0 Å². The Balaban J connectivity index is 1.81. The van der Waals surface area contributed by atoms with Crippen LogP contribution in [0.15, 0.2) is 22.7 Å². The van der Waals surface area contributed by atoms with Crippen LogP contribution in [0.4, 0.5) is 0 Å². The van der Waals surface area contributed by atoms with Crippen LogP contribution < -0.4 is 10.1 Å². The zero-order valence-electron chi connectivity index (χ0n) is 12.4. The van der Waals surface area contributed by atoms with E-state index < -0.39 is 0 Å². The van der Waals surface area contributed by atoms with E-state index in [-0.39, 0.29) is 0 Å². The van der Waals surface area contributed by atoms with E-state index in [1.807, 2.05) is 0 Å². The number of benzene rings is 1. The van der Waals surface area contributed by atoms with Gasteiger partial charge in [0.1, 0.15) is 5.75 Å². The molecule has 2 atom stereocenters. The van der Waals surface area contributed by atoms with E-state index in [2.05, 4.69) is 46.4 Å². The van der Waals surface area contributed by atoms with Crippen LogP contribution in [-0.2, 0) is 6.42 Å². The molecule has 1 aromatic carbocycles. The lowest BCUT2D eigenvalue weighted by Crippen LogP contribution is -2.35. The molecule has 1 aromatic rings. The molecule has 2 nitrogen and oxygen atoms in total. The van der Waals surface area contributed by atoms with Crippen molar-refractivity contribution in [3.05, 3.63) is 28.2 Å². The van der Waals surface area contributed by atoms with Gasteiger partial charge >= 0.3 is 0 Å². The van der Waals surface area contributed by atoms with Crippen LogP contribution in [0.1, 0.15) is 31.7 Å². The van der Waals surface area contributed by atoms with Crippen LogP contribution >= 0.6 is 15.9 Å². The lowest BCUT2D eigenvalue weighted by atomic mass is 9.77. The topological polar surface area (TPSA) is 21.3 Å². The number of rotatable bonds is 6. The average molecular weight is 338 g/mol. The Hall–Kier alpha value is -0.540. The van der Waals surface area contributed by atoms with Crippen LogP contribution in [0, 0.1) is 17.3 Å². The smallest absolute Gasteiger partial charge is 0.122 e. The van der Waals surface area contributed by atoms with E-state index in [4.69, 9.17) is 4.74 Å². The molecule has 0 spiro atoms. The van der Waals surface area contributed by atoms with Gasteiger partial charge in [-0.25, -0.2) is 0 Å². The summed E-state index contributed by atoms with van der Waals surface area (Å²) in [6.45, 7) is 4.40. The molecule has 0 radical (unpaired) electrons. The molecule has 110 valence electrons. The van der Waals surface area contributed by atoms with Gasteiger partial charge in [0.25, 0.3) is 0 Å². The summed E-state index contributed by atoms with van der Waals surface area (Å²) in [4.78, 5) is 0. The number of methoxy groups -OCH3 is 1. The van der Waals surface area contributed by atoms with Crippen molar-refractivity contribution in [2.45, 2.75) is 32.6 Å². The largest absolute Gasteiger partial charge is 0.496 e. The molecule has 0 aliphatic heterocycles. The number of fused-ring (bicyclic) bond motifs is 1. The Morgan fingerprint density at radius 1 is 1.35 bits per heavy atom. The summed E-state index contributed by atoms with van der Waals surface area (Å²) in [7, 11) is 1.77. The second-order valence-electron chi connectivity index (χ2n) is 6.58. The fraction of sp³-hybridized carbons (Fsp3) is 0.647. The maximum atomic E-state index is 5.56. The highest BCUT2D eigenvalue weighted by molar-refractivity contribution is 9.10. The summed E-state index contributed by atoms with van der Waals surface area (Å²) >= 11 is 3.59. The summed E-state index contributed by atoms with van der Waals surface area (Å²) in [6.07, 6.45) is 5.39. The number of hydrogen-bond acceptors (Lipinski definition) is 2. The Morgan fingerprint density at radius 3 is 2.75 bits per heavy atom. The molecule has 2 aliphatic rings. The normalized spacial score (nSPS) is 31.1. The number of hydrogen-bond donors (Lipinski definition) is 1. The molecule has 3 heteroatoms. The Bertz CT molecular complexity index is 478. The summed E-state index contributed by atoms with van der Waals surface area (Å²) in [5.74, 6) is 3.04. The molecule has 3 rings (SSSR count). The van der Waals surface area contributed by atoms with Gasteiger partial charge in [-0.1, -0.05) is 22.9 Å². The van der Waals surface area contributed by atoms with Gasteiger partial charge in [-0.05, 0) is 73.2 Å². The molecule has 0 amide bonds. The molecule has 1 N–H and O–H groups in total. The molecule has 0 heterocycles. The van der Waals surface area contributed by atoms with Gasteiger partial charge in [0.05, 0.1) is 7.11 Å². The van der Waals surface area contributed by atoms with E-state index in [9.17, 15) is 0 Å². The summed E-state index contributed by atoms with van der Waals surface area (Å²) in [5, 5.41) is 3.59. The highest BCUT2D eigenvalue weighted by atomic mass is 79.9. The van der Waals surface area contributed by atoms with Crippen molar-refractivity contribution >= 4 is 15.9 Å². The van der Waals surface area contributed by atoms with Crippen molar-refractivity contribution < 1.29 is 4.74 Å². The Labute approximate surface area is 130 Å². The first kappa shape index (κ1) is 14.4. The molecule has 0 bridgehead atoms. The maximum absolute atomic E-state index is 5.56. The van der Waals surface area contributed by atoms with Crippen molar-refractivity contribution in [2.24, 2.45) is 17.3 Å². The summed E-state index contributed by atoms with van der Waals surface area (Å²) in [6, 6.07) is 6.37. The number of ether oxygens (including phenoxy) is 1. The second kappa shape index (κ2) is 5.69. The van der Waals surface area contributed by atoms with Gasteiger partial charge < -0.3 is 10.1 Å². The van der Waals surface area contributed by atoms with Gasteiger partial charge in [0.2, 0.25) is 0 Å². The van der Waals surface area contributed by atoms with E-state index >= 15 is 0 Å². The predicted octanol–water partition coefficient (Wildman–Crippen LogP) is 4.03. The quantitative estimate of drug-likeness (QED) is 0.846. The van der Waals surface area contributed by atoms with E-state index in [0.717, 1.165) is 41.6 Å². The number of halogens is 1. The SMILES string of the molecule is CCNCC1(Cc2cc(Br)ccc2OC)CC2CC2C1. The van der Waals surface area contributed by atoms with Gasteiger partial charge in [0.15, 0.2) is 0 Å². The number of nitrogens with one attached hydrogen (secondary N) is 1. The molecule has 20 heavy (non-hydrogen) atoms. The zero-order valence-corrected chi connectivity index (χ0v) is 14.0. The van der Waals surface area contributed by atoms with Gasteiger partial charge in [-0.3, -0.25) is 0 Å². The molecular weight excluding hydrogens is 314 g/mol. The molecule has 2 unspecified atom stereocenters. The van der Waals surface area contributed by atoms with Crippen molar-refractivity contribution in [1.29, 1.82) is 0 Å². The standard InChI is InChI=1S/C17H24BrNO/c1-3-19-11-17(8-12-6-13(12)9-17)10-14-7-15(18)4-5-16(14)20-2/h4-5,7,12-13,19H,3,6,8-11H2,1-2H3. The lowest BCUT2D eigenvalue weighted by Gasteiger charge is -2.32. The first-order valence-electron chi connectivity index (χ1n) is 7.69. The minimum absolute atomic E-state index is 0.442. The fourth-order valence-corrected chi connectivity index (χ4v) is 4.45. The minimum Gasteiger partial charge on any atom is -0.496 e. The molecule has 0 aromatic heterocycles. The predicted molar refractivity (Wildman–Crippen MR) is 86.2 cm³/mol. The van der Waals surface area contributed by atoms with Crippen LogP contribution in [-0.4, -0.2) is 20.2 Å².